The molecule has 0 aliphatic carbocycles. The zero-order valence-electron chi connectivity index (χ0n) is 13.8. The molecule has 0 unspecified atom stereocenters. The zero-order chi connectivity index (χ0) is 17.2. The Bertz CT molecular complexity index is 842. The summed E-state index contributed by atoms with van der Waals surface area (Å²) in [6.45, 7) is 1.33. The monoisotopic (exact) mass is 346 g/mol. The predicted molar refractivity (Wildman–Crippen MR) is 94.2 cm³/mol. The number of sulfonamides is 1. The third-order valence-electron chi connectivity index (χ3n) is 4.50. The first-order valence-corrected chi connectivity index (χ1v) is 9.65. The number of likely N-dealkylation sites (tertiary alicyclic amines) is 1. The average molecular weight is 346 g/mol. The Hall–Kier alpha value is -1.92. The largest absolute Gasteiger partial charge is 0.342 e. The summed E-state index contributed by atoms with van der Waals surface area (Å²) in [7, 11) is -2.21. The molecule has 1 heterocycles. The lowest BCUT2D eigenvalue weighted by Gasteiger charge is -2.28. The van der Waals surface area contributed by atoms with E-state index in [0.717, 1.165) is 47.4 Å². The maximum Gasteiger partial charge on any atom is 0.243 e. The quantitative estimate of drug-likeness (QED) is 0.854. The standard InChI is InChI=1S/C18H22N2O3S/c1-19(14-18(21)20-11-5-2-6-12-20)24(22,23)17-10-9-15-7-3-4-8-16(15)13-17/h3-4,7-10,13H,2,5-6,11-12,14H2,1H3. The van der Waals surface area contributed by atoms with Gasteiger partial charge in [-0.15, -0.1) is 0 Å². The van der Waals surface area contributed by atoms with Crippen LogP contribution < -0.4 is 0 Å². The molecule has 6 heteroatoms. The summed E-state index contributed by atoms with van der Waals surface area (Å²) in [5.41, 5.74) is 0. The third kappa shape index (κ3) is 3.44. The van der Waals surface area contributed by atoms with E-state index in [4.69, 9.17) is 0 Å². The van der Waals surface area contributed by atoms with Crippen molar-refractivity contribution in [3.63, 3.8) is 0 Å². The number of likely N-dealkylation sites (N-methyl/N-ethyl adjacent to an activating group) is 1. The van der Waals surface area contributed by atoms with E-state index in [0.29, 0.717) is 0 Å². The van der Waals surface area contributed by atoms with Crippen molar-refractivity contribution < 1.29 is 13.2 Å². The van der Waals surface area contributed by atoms with Crippen LogP contribution >= 0.6 is 0 Å². The van der Waals surface area contributed by atoms with Gasteiger partial charge in [0, 0.05) is 20.1 Å². The molecular formula is C18H22N2O3S. The first-order chi connectivity index (χ1) is 11.5. The molecule has 0 aromatic heterocycles. The topological polar surface area (TPSA) is 57.7 Å². The van der Waals surface area contributed by atoms with Gasteiger partial charge in [-0.25, -0.2) is 8.42 Å². The highest BCUT2D eigenvalue weighted by Crippen LogP contribution is 2.21. The zero-order valence-corrected chi connectivity index (χ0v) is 14.6. The molecule has 0 radical (unpaired) electrons. The summed E-state index contributed by atoms with van der Waals surface area (Å²) in [5, 5.41) is 1.86. The van der Waals surface area contributed by atoms with Gasteiger partial charge < -0.3 is 4.90 Å². The molecule has 128 valence electrons. The Morgan fingerprint density at radius 2 is 1.71 bits per heavy atom. The fourth-order valence-corrected chi connectivity index (χ4v) is 4.18. The van der Waals surface area contributed by atoms with Crippen LogP contribution in [0.1, 0.15) is 19.3 Å². The van der Waals surface area contributed by atoms with Crippen LogP contribution in [0, 0.1) is 0 Å². The average Bonchev–Trinajstić information content (AvgIpc) is 2.61. The molecule has 1 aliphatic rings. The Morgan fingerprint density at radius 1 is 1.04 bits per heavy atom. The minimum atomic E-state index is -3.68. The van der Waals surface area contributed by atoms with Crippen molar-refractivity contribution in [2.45, 2.75) is 24.2 Å². The second-order valence-corrected chi connectivity index (χ2v) is 8.26. The number of nitrogens with zero attached hydrogens (tertiary/aromatic N) is 2. The van der Waals surface area contributed by atoms with E-state index in [2.05, 4.69) is 0 Å². The number of fused-ring (bicyclic) bond motifs is 1. The van der Waals surface area contributed by atoms with E-state index in [1.165, 1.54) is 7.05 Å². The van der Waals surface area contributed by atoms with Gasteiger partial charge >= 0.3 is 0 Å². The van der Waals surface area contributed by atoms with Crippen molar-refractivity contribution in [1.82, 2.24) is 9.21 Å². The molecule has 0 spiro atoms. The molecule has 0 N–H and O–H groups in total. The molecule has 0 bridgehead atoms. The molecule has 1 aliphatic heterocycles. The van der Waals surface area contributed by atoms with Crippen molar-refractivity contribution in [2.24, 2.45) is 0 Å². The van der Waals surface area contributed by atoms with Gasteiger partial charge in [0.05, 0.1) is 11.4 Å². The first-order valence-electron chi connectivity index (χ1n) is 8.21. The summed E-state index contributed by atoms with van der Waals surface area (Å²) in [4.78, 5) is 14.3. The minimum Gasteiger partial charge on any atom is -0.342 e. The van der Waals surface area contributed by atoms with Crippen molar-refractivity contribution in [2.75, 3.05) is 26.7 Å². The summed E-state index contributed by atoms with van der Waals surface area (Å²) < 4.78 is 26.6. The van der Waals surface area contributed by atoms with Crippen LogP contribution in [0.2, 0.25) is 0 Å². The SMILES string of the molecule is CN(CC(=O)N1CCCCC1)S(=O)(=O)c1ccc2ccccc2c1. The summed E-state index contributed by atoms with van der Waals surface area (Å²) in [6.07, 6.45) is 3.12. The number of benzene rings is 2. The number of hydrogen-bond donors (Lipinski definition) is 0. The highest BCUT2D eigenvalue weighted by molar-refractivity contribution is 7.89. The van der Waals surface area contributed by atoms with Gasteiger partial charge in [0.1, 0.15) is 0 Å². The van der Waals surface area contributed by atoms with E-state index in [-0.39, 0.29) is 17.3 Å². The molecule has 1 fully saturated rings. The molecule has 0 saturated carbocycles. The molecule has 5 nitrogen and oxygen atoms in total. The van der Waals surface area contributed by atoms with Crippen LogP contribution in [0.5, 0.6) is 0 Å². The Labute approximate surface area is 142 Å². The fourth-order valence-electron chi connectivity index (χ4n) is 3.03. The summed E-state index contributed by atoms with van der Waals surface area (Å²) in [6, 6.07) is 12.7. The second-order valence-electron chi connectivity index (χ2n) is 6.21. The van der Waals surface area contributed by atoms with Crippen LogP contribution in [0.15, 0.2) is 47.4 Å². The van der Waals surface area contributed by atoms with Crippen LogP contribution in [0.3, 0.4) is 0 Å². The van der Waals surface area contributed by atoms with Crippen molar-refractivity contribution >= 4 is 26.7 Å². The van der Waals surface area contributed by atoms with E-state index in [1.54, 1.807) is 23.1 Å². The Balaban J connectivity index is 1.78. The van der Waals surface area contributed by atoms with Crippen molar-refractivity contribution in [3.8, 4) is 0 Å². The number of carbonyl (C=O) groups excluding carboxylic acids is 1. The predicted octanol–water partition coefficient (Wildman–Crippen LogP) is 2.47. The molecule has 1 amide bonds. The van der Waals surface area contributed by atoms with Gasteiger partial charge in [-0.3, -0.25) is 4.79 Å². The number of amides is 1. The van der Waals surface area contributed by atoms with Crippen molar-refractivity contribution in [1.29, 1.82) is 0 Å². The van der Waals surface area contributed by atoms with Gasteiger partial charge in [-0.2, -0.15) is 4.31 Å². The number of piperidine rings is 1. The molecule has 1 saturated heterocycles. The van der Waals surface area contributed by atoms with Gasteiger partial charge in [0.15, 0.2) is 0 Å². The second kappa shape index (κ2) is 6.91. The normalized spacial score (nSPS) is 15.8. The van der Waals surface area contributed by atoms with Crippen molar-refractivity contribution in [3.05, 3.63) is 42.5 Å². The minimum absolute atomic E-state index is 0.116. The van der Waals surface area contributed by atoms with Crippen LogP contribution in [0.4, 0.5) is 0 Å². The van der Waals surface area contributed by atoms with Gasteiger partial charge in [-0.05, 0) is 42.2 Å². The van der Waals surface area contributed by atoms with Crippen LogP contribution in [-0.2, 0) is 14.8 Å². The smallest absolute Gasteiger partial charge is 0.243 e. The molecule has 2 aromatic carbocycles. The molecule has 3 rings (SSSR count). The first kappa shape index (κ1) is 16.9. The third-order valence-corrected chi connectivity index (χ3v) is 6.30. The fraction of sp³-hybridized carbons (Fsp3) is 0.389. The van der Waals surface area contributed by atoms with E-state index in [1.807, 2.05) is 24.3 Å². The molecular weight excluding hydrogens is 324 g/mol. The number of rotatable bonds is 4. The number of hydrogen-bond acceptors (Lipinski definition) is 3. The van der Waals surface area contributed by atoms with E-state index < -0.39 is 10.0 Å². The molecule has 24 heavy (non-hydrogen) atoms. The van der Waals surface area contributed by atoms with Gasteiger partial charge in [0.2, 0.25) is 15.9 Å². The lowest BCUT2D eigenvalue weighted by molar-refractivity contribution is -0.132. The van der Waals surface area contributed by atoms with Gasteiger partial charge in [0.25, 0.3) is 0 Å². The molecule has 0 atom stereocenters. The Morgan fingerprint density at radius 3 is 2.42 bits per heavy atom. The maximum atomic E-state index is 12.7. The lowest BCUT2D eigenvalue weighted by atomic mass is 10.1. The summed E-state index contributed by atoms with van der Waals surface area (Å²) in [5.74, 6) is -0.124. The summed E-state index contributed by atoms with van der Waals surface area (Å²) >= 11 is 0. The van der Waals surface area contributed by atoms with Gasteiger partial charge in [-0.1, -0.05) is 30.3 Å². The van der Waals surface area contributed by atoms with Crippen LogP contribution in [-0.4, -0.2) is 50.2 Å². The maximum absolute atomic E-state index is 12.7. The Kier molecular flexibility index (Phi) is 4.87. The van der Waals surface area contributed by atoms with E-state index >= 15 is 0 Å². The highest BCUT2D eigenvalue weighted by Gasteiger charge is 2.26. The van der Waals surface area contributed by atoms with Crippen LogP contribution in [0.25, 0.3) is 10.8 Å². The lowest BCUT2D eigenvalue weighted by Crippen LogP contribution is -2.43. The number of carbonyl (C=O) groups is 1. The molecule has 2 aromatic rings. The highest BCUT2D eigenvalue weighted by atomic mass is 32.2. The van der Waals surface area contributed by atoms with E-state index in [9.17, 15) is 13.2 Å².